The van der Waals surface area contributed by atoms with Crippen molar-refractivity contribution in [2.24, 2.45) is 5.92 Å². The molecule has 2 heterocycles. The second-order valence-corrected chi connectivity index (χ2v) is 4.98. The molecule has 0 radical (unpaired) electrons. The highest BCUT2D eigenvalue weighted by Gasteiger charge is 2.42. The van der Waals surface area contributed by atoms with Crippen LogP contribution in [0.25, 0.3) is 0 Å². The van der Waals surface area contributed by atoms with E-state index in [1.54, 1.807) is 0 Å². The summed E-state index contributed by atoms with van der Waals surface area (Å²) in [6, 6.07) is -0.858. The van der Waals surface area contributed by atoms with Crippen molar-refractivity contribution < 1.29 is 19.8 Å². The second kappa shape index (κ2) is 4.62. The summed E-state index contributed by atoms with van der Waals surface area (Å²) in [6.45, 7) is 1.69. The number of likely N-dealkylation sites (tertiary alicyclic amines) is 2. The molecule has 96 valence electrons. The molecular formula is C11H18N2O4. The molecular weight excluding hydrogens is 224 g/mol. The van der Waals surface area contributed by atoms with Gasteiger partial charge in [-0.05, 0) is 20.0 Å². The SMILES string of the molecule is CN1CCC(C(=O)N2C[C@H](O)C[C@@H]2C(=O)O)C1. The van der Waals surface area contributed by atoms with Crippen LogP contribution in [-0.4, -0.2) is 70.7 Å². The summed E-state index contributed by atoms with van der Waals surface area (Å²) in [6.07, 6.45) is 0.205. The summed E-state index contributed by atoms with van der Waals surface area (Å²) < 4.78 is 0. The van der Waals surface area contributed by atoms with Gasteiger partial charge in [0.1, 0.15) is 6.04 Å². The number of aliphatic carboxylic acids is 1. The normalized spacial score (nSPS) is 34.2. The van der Waals surface area contributed by atoms with Gasteiger partial charge in [0.2, 0.25) is 5.91 Å². The Bertz CT molecular complexity index is 333. The molecule has 17 heavy (non-hydrogen) atoms. The zero-order valence-electron chi connectivity index (χ0n) is 9.87. The molecule has 0 aromatic rings. The van der Waals surface area contributed by atoms with Crippen LogP contribution >= 0.6 is 0 Å². The molecule has 0 aliphatic carbocycles. The molecule has 2 aliphatic rings. The first kappa shape index (κ1) is 12.3. The zero-order chi connectivity index (χ0) is 12.6. The van der Waals surface area contributed by atoms with Crippen molar-refractivity contribution in [2.45, 2.75) is 25.0 Å². The Balaban J connectivity index is 2.05. The van der Waals surface area contributed by atoms with Crippen LogP contribution in [0.1, 0.15) is 12.8 Å². The van der Waals surface area contributed by atoms with Crippen LogP contribution in [0.15, 0.2) is 0 Å². The number of carbonyl (C=O) groups is 2. The fourth-order valence-electron chi connectivity index (χ4n) is 2.66. The van der Waals surface area contributed by atoms with Crippen molar-refractivity contribution in [3.8, 4) is 0 Å². The van der Waals surface area contributed by atoms with Crippen molar-refractivity contribution in [3.05, 3.63) is 0 Å². The summed E-state index contributed by atoms with van der Waals surface area (Å²) in [5.41, 5.74) is 0. The molecule has 2 fully saturated rings. The smallest absolute Gasteiger partial charge is 0.326 e. The zero-order valence-corrected chi connectivity index (χ0v) is 9.87. The average Bonchev–Trinajstić information content (AvgIpc) is 2.83. The minimum atomic E-state index is -1.03. The van der Waals surface area contributed by atoms with E-state index in [-0.39, 0.29) is 24.8 Å². The van der Waals surface area contributed by atoms with E-state index in [1.807, 2.05) is 7.05 Å². The minimum Gasteiger partial charge on any atom is -0.480 e. The maximum absolute atomic E-state index is 12.2. The topological polar surface area (TPSA) is 81.1 Å². The molecule has 0 aromatic carbocycles. The lowest BCUT2D eigenvalue weighted by Gasteiger charge is -2.24. The van der Waals surface area contributed by atoms with Crippen LogP contribution < -0.4 is 0 Å². The standard InChI is InChI=1S/C11H18N2O4/c1-12-3-2-7(5-12)10(15)13-6-8(14)4-9(13)11(16)17/h7-9,14H,2-6H2,1H3,(H,16,17)/t7?,8-,9-/m1/s1. The molecule has 0 bridgehead atoms. The van der Waals surface area contributed by atoms with Crippen LogP contribution in [0, 0.1) is 5.92 Å². The van der Waals surface area contributed by atoms with E-state index in [0.29, 0.717) is 6.54 Å². The molecule has 2 aliphatic heterocycles. The molecule has 1 unspecified atom stereocenters. The Morgan fingerprint density at radius 1 is 1.29 bits per heavy atom. The van der Waals surface area contributed by atoms with Gasteiger partial charge in [-0.1, -0.05) is 0 Å². The van der Waals surface area contributed by atoms with Crippen LogP contribution in [0.4, 0.5) is 0 Å². The third-order valence-electron chi connectivity index (χ3n) is 3.59. The lowest BCUT2D eigenvalue weighted by atomic mass is 10.1. The third kappa shape index (κ3) is 2.42. The van der Waals surface area contributed by atoms with E-state index in [4.69, 9.17) is 5.11 Å². The summed E-state index contributed by atoms with van der Waals surface area (Å²) in [5.74, 6) is -1.27. The number of carboxylic acid groups (broad SMARTS) is 1. The van der Waals surface area contributed by atoms with Gasteiger partial charge in [-0.15, -0.1) is 0 Å². The Labute approximate surface area is 99.8 Å². The summed E-state index contributed by atoms with van der Waals surface area (Å²) in [7, 11) is 1.95. The predicted molar refractivity (Wildman–Crippen MR) is 59.4 cm³/mol. The van der Waals surface area contributed by atoms with E-state index in [9.17, 15) is 14.7 Å². The van der Waals surface area contributed by atoms with Crippen LogP contribution in [-0.2, 0) is 9.59 Å². The van der Waals surface area contributed by atoms with Gasteiger partial charge in [0.15, 0.2) is 0 Å². The van der Waals surface area contributed by atoms with E-state index >= 15 is 0 Å². The van der Waals surface area contributed by atoms with Gasteiger partial charge in [-0.3, -0.25) is 4.79 Å². The Morgan fingerprint density at radius 2 is 2.00 bits per heavy atom. The maximum atomic E-state index is 12.2. The Hall–Kier alpha value is -1.14. The number of amides is 1. The van der Waals surface area contributed by atoms with Gasteiger partial charge in [-0.2, -0.15) is 0 Å². The average molecular weight is 242 g/mol. The molecule has 6 nitrogen and oxygen atoms in total. The highest BCUT2D eigenvalue weighted by molar-refractivity contribution is 5.86. The van der Waals surface area contributed by atoms with Gasteiger partial charge >= 0.3 is 5.97 Å². The van der Waals surface area contributed by atoms with Gasteiger partial charge < -0.3 is 20.0 Å². The number of hydrogen-bond acceptors (Lipinski definition) is 4. The Morgan fingerprint density at radius 3 is 2.53 bits per heavy atom. The second-order valence-electron chi connectivity index (χ2n) is 4.98. The molecule has 1 amide bonds. The van der Waals surface area contributed by atoms with Gasteiger partial charge in [-0.25, -0.2) is 4.79 Å². The van der Waals surface area contributed by atoms with Crippen LogP contribution in [0.3, 0.4) is 0 Å². The molecule has 2 saturated heterocycles. The van der Waals surface area contributed by atoms with Crippen LogP contribution in [0.5, 0.6) is 0 Å². The van der Waals surface area contributed by atoms with Gasteiger partial charge in [0.05, 0.1) is 12.0 Å². The highest BCUT2D eigenvalue weighted by Crippen LogP contribution is 2.24. The van der Waals surface area contributed by atoms with Crippen molar-refractivity contribution in [1.29, 1.82) is 0 Å². The first-order valence-electron chi connectivity index (χ1n) is 5.89. The number of carboxylic acids is 1. The predicted octanol–water partition coefficient (Wildman–Crippen LogP) is -1.02. The molecule has 0 aromatic heterocycles. The largest absolute Gasteiger partial charge is 0.480 e. The number of hydrogen-bond donors (Lipinski definition) is 2. The van der Waals surface area contributed by atoms with E-state index in [1.165, 1.54) is 4.90 Å². The Kier molecular flexibility index (Phi) is 3.35. The molecule has 0 saturated carbocycles. The molecule has 6 heteroatoms. The van der Waals surface area contributed by atoms with E-state index in [0.717, 1.165) is 13.0 Å². The fourth-order valence-corrected chi connectivity index (χ4v) is 2.66. The molecule has 3 atom stereocenters. The summed E-state index contributed by atoms with van der Waals surface area (Å²) >= 11 is 0. The van der Waals surface area contributed by atoms with Crippen LogP contribution in [0.2, 0.25) is 0 Å². The van der Waals surface area contributed by atoms with Crippen molar-refractivity contribution >= 4 is 11.9 Å². The number of rotatable bonds is 2. The molecule has 2 N–H and O–H groups in total. The number of aliphatic hydroxyl groups excluding tert-OH is 1. The summed E-state index contributed by atoms with van der Waals surface area (Å²) in [4.78, 5) is 26.6. The number of aliphatic hydroxyl groups is 1. The maximum Gasteiger partial charge on any atom is 0.326 e. The first-order chi connectivity index (χ1) is 7.99. The highest BCUT2D eigenvalue weighted by atomic mass is 16.4. The quantitative estimate of drug-likeness (QED) is 0.648. The molecule has 2 rings (SSSR count). The molecule has 0 spiro atoms. The lowest BCUT2D eigenvalue weighted by Crippen LogP contribution is -2.44. The van der Waals surface area contributed by atoms with E-state index < -0.39 is 18.1 Å². The third-order valence-corrected chi connectivity index (χ3v) is 3.59. The number of carbonyl (C=O) groups excluding carboxylic acids is 1. The minimum absolute atomic E-state index is 0.118. The lowest BCUT2D eigenvalue weighted by molar-refractivity contribution is -0.149. The first-order valence-corrected chi connectivity index (χ1v) is 5.89. The van der Waals surface area contributed by atoms with Crippen molar-refractivity contribution in [3.63, 3.8) is 0 Å². The monoisotopic (exact) mass is 242 g/mol. The van der Waals surface area contributed by atoms with E-state index in [2.05, 4.69) is 4.90 Å². The van der Waals surface area contributed by atoms with Crippen molar-refractivity contribution in [2.75, 3.05) is 26.7 Å². The summed E-state index contributed by atoms with van der Waals surface area (Å²) in [5, 5.41) is 18.5. The van der Waals surface area contributed by atoms with Crippen molar-refractivity contribution in [1.82, 2.24) is 9.80 Å². The number of β-amino-alcohol motifs (C(OH)–C–C–N with tert-alkyl or cyclic N) is 1. The number of nitrogens with zero attached hydrogens (tertiary/aromatic N) is 2. The fraction of sp³-hybridized carbons (Fsp3) is 0.818. The van der Waals surface area contributed by atoms with Gasteiger partial charge in [0, 0.05) is 19.5 Å². The van der Waals surface area contributed by atoms with Gasteiger partial charge in [0.25, 0.3) is 0 Å².